The first kappa shape index (κ1) is 12.8. The van der Waals surface area contributed by atoms with Gasteiger partial charge in [0.1, 0.15) is 0 Å². The number of aromatic nitrogens is 3. The second-order valence-corrected chi connectivity index (χ2v) is 5.91. The summed E-state index contributed by atoms with van der Waals surface area (Å²) in [6.07, 6.45) is 8.02. The maximum absolute atomic E-state index is 12.1. The molecule has 3 heterocycles. The van der Waals surface area contributed by atoms with Crippen molar-refractivity contribution < 1.29 is 4.79 Å². The smallest absolute Gasteiger partial charge is 0.228 e. The van der Waals surface area contributed by atoms with Gasteiger partial charge in [-0.15, -0.1) is 0 Å². The molecular formula is C15H19N5O. The molecule has 2 aromatic rings. The minimum Gasteiger partial charge on any atom is -0.314 e. The van der Waals surface area contributed by atoms with E-state index in [1.165, 1.54) is 12.8 Å². The molecule has 0 aromatic carbocycles. The van der Waals surface area contributed by atoms with Crippen molar-refractivity contribution in [1.29, 1.82) is 0 Å². The molecule has 4 rings (SSSR count). The van der Waals surface area contributed by atoms with Gasteiger partial charge < -0.3 is 9.72 Å². The Labute approximate surface area is 123 Å². The number of carbonyl (C=O) groups is 1. The van der Waals surface area contributed by atoms with Crippen molar-refractivity contribution in [2.45, 2.75) is 38.1 Å². The lowest BCUT2D eigenvalue weighted by Gasteiger charge is -2.16. The highest BCUT2D eigenvalue weighted by Crippen LogP contribution is 2.40. The van der Waals surface area contributed by atoms with Crippen molar-refractivity contribution in [2.75, 3.05) is 18.5 Å². The molecule has 2 fully saturated rings. The van der Waals surface area contributed by atoms with Gasteiger partial charge in [-0.1, -0.05) is 0 Å². The summed E-state index contributed by atoms with van der Waals surface area (Å²) in [5.41, 5.74) is 2.85. The zero-order valence-electron chi connectivity index (χ0n) is 12.2. The van der Waals surface area contributed by atoms with Crippen molar-refractivity contribution in [3.63, 3.8) is 0 Å². The molecule has 2 aliphatic rings. The fourth-order valence-electron chi connectivity index (χ4n) is 2.95. The topological polar surface area (TPSA) is 62.5 Å². The molecule has 0 bridgehead atoms. The molecule has 1 saturated carbocycles. The zero-order valence-corrected chi connectivity index (χ0v) is 12.2. The summed E-state index contributed by atoms with van der Waals surface area (Å²) in [7, 11) is 1.91. The van der Waals surface area contributed by atoms with Crippen LogP contribution in [-0.2, 0) is 11.3 Å². The monoisotopic (exact) mass is 285 g/mol. The molecule has 2 aromatic heterocycles. The van der Waals surface area contributed by atoms with Crippen LogP contribution in [0.1, 0.15) is 43.0 Å². The fraction of sp³-hybridized carbons (Fsp3) is 0.533. The van der Waals surface area contributed by atoms with Gasteiger partial charge in [0.15, 0.2) is 11.5 Å². The molecule has 0 spiro atoms. The number of nitrogens with zero attached hydrogens (tertiary/aromatic N) is 4. The molecule has 1 aliphatic heterocycles. The lowest BCUT2D eigenvalue weighted by molar-refractivity contribution is -0.117. The molecule has 1 saturated heterocycles. The number of amides is 1. The van der Waals surface area contributed by atoms with E-state index in [1.807, 2.05) is 17.6 Å². The van der Waals surface area contributed by atoms with Crippen molar-refractivity contribution >= 4 is 17.4 Å². The van der Waals surface area contributed by atoms with Gasteiger partial charge in [-0.3, -0.25) is 9.69 Å². The summed E-state index contributed by atoms with van der Waals surface area (Å²) in [5, 5.41) is 3.12. The molecule has 110 valence electrons. The number of anilines is 1. The molecule has 0 radical (unpaired) electrons. The first-order valence-corrected chi connectivity index (χ1v) is 7.60. The highest BCUT2D eigenvalue weighted by atomic mass is 16.2. The largest absolute Gasteiger partial charge is 0.314 e. The van der Waals surface area contributed by atoms with E-state index in [-0.39, 0.29) is 5.91 Å². The van der Waals surface area contributed by atoms with Crippen molar-refractivity contribution in [2.24, 2.45) is 0 Å². The molecular weight excluding hydrogens is 266 g/mol. The zero-order chi connectivity index (χ0) is 14.4. The lowest BCUT2D eigenvalue weighted by atomic mass is 10.3. The molecule has 0 atom stereocenters. The third kappa shape index (κ3) is 2.19. The average Bonchev–Trinajstić information content (AvgIpc) is 3.11. The van der Waals surface area contributed by atoms with Crippen LogP contribution in [0.2, 0.25) is 0 Å². The normalized spacial score (nSPS) is 18.9. The highest BCUT2D eigenvalue weighted by molar-refractivity contribution is 5.97. The number of nitrogens with one attached hydrogen (secondary N) is 1. The Morgan fingerprint density at radius 1 is 1.33 bits per heavy atom. The maximum Gasteiger partial charge on any atom is 0.228 e. The number of hydrogen-bond acceptors (Lipinski definition) is 4. The van der Waals surface area contributed by atoms with Crippen LogP contribution in [0.15, 0.2) is 12.4 Å². The summed E-state index contributed by atoms with van der Waals surface area (Å²) in [6.45, 7) is 1.47. The highest BCUT2D eigenvalue weighted by Gasteiger charge is 2.30. The lowest BCUT2D eigenvalue weighted by Crippen LogP contribution is -2.26. The summed E-state index contributed by atoms with van der Waals surface area (Å²) in [6, 6.07) is 0. The Kier molecular flexibility index (Phi) is 2.92. The Hall–Kier alpha value is -1.95. The van der Waals surface area contributed by atoms with Crippen LogP contribution in [0.4, 0.5) is 5.82 Å². The van der Waals surface area contributed by atoms with E-state index in [0.717, 1.165) is 35.8 Å². The van der Waals surface area contributed by atoms with Gasteiger partial charge in [-0.2, -0.15) is 0 Å². The van der Waals surface area contributed by atoms with E-state index < -0.39 is 0 Å². The number of rotatable bonds is 4. The van der Waals surface area contributed by atoms with Gasteiger partial charge >= 0.3 is 0 Å². The number of imidazole rings is 1. The summed E-state index contributed by atoms with van der Waals surface area (Å²) in [5.74, 6) is 1.46. The van der Waals surface area contributed by atoms with Crippen LogP contribution in [0.25, 0.3) is 5.65 Å². The summed E-state index contributed by atoms with van der Waals surface area (Å²) >= 11 is 0. The van der Waals surface area contributed by atoms with E-state index in [2.05, 4.69) is 16.5 Å². The first-order valence-electron chi connectivity index (χ1n) is 7.60. The predicted octanol–water partition coefficient (Wildman–Crippen LogP) is 1.45. The van der Waals surface area contributed by atoms with Crippen molar-refractivity contribution in [3.05, 3.63) is 23.8 Å². The maximum atomic E-state index is 12.1. The van der Waals surface area contributed by atoms with E-state index in [4.69, 9.17) is 4.98 Å². The summed E-state index contributed by atoms with van der Waals surface area (Å²) in [4.78, 5) is 23.3. The van der Waals surface area contributed by atoms with E-state index in [1.54, 1.807) is 4.90 Å². The minimum atomic E-state index is 0.163. The first-order chi connectivity index (χ1) is 10.3. The Bertz CT molecular complexity index is 703. The number of fused-ring (bicyclic) bond motifs is 1. The van der Waals surface area contributed by atoms with Gasteiger partial charge in [-0.05, 0) is 26.3 Å². The quantitative estimate of drug-likeness (QED) is 0.923. The standard InChI is InChI=1S/C15H19N5O/c1-16-7-11-8-19-9-12(10-4-5-10)18-15(14(19)17-11)20-6-2-3-13(20)21/h8-10,16H,2-7H2,1H3. The SMILES string of the molecule is CNCc1cn2cc(C3CC3)nc(N3CCCC3=O)c2n1. The van der Waals surface area contributed by atoms with Crippen LogP contribution in [0.5, 0.6) is 0 Å². The Morgan fingerprint density at radius 3 is 2.86 bits per heavy atom. The third-order valence-corrected chi connectivity index (χ3v) is 4.17. The fourth-order valence-corrected chi connectivity index (χ4v) is 2.95. The molecule has 6 heteroatoms. The van der Waals surface area contributed by atoms with Gasteiger partial charge in [0.25, 0.3) is 0 Å². The Balaban J connectivity index is 1.86. The van der Waals surface area contributed by atoms with Crippen molar-refractivity contribution in [3.8, 4) is 0 Å². The van der Waals surface area contributed by atoms with E-state index in [0.29, 0.717) is 18.9 Å². The van der Waals surface area contributed by atoms with Crippen LogP contribution >= 0.6 is 0 Å². The van der Waals surface area contributed by atoms with Gasteiger partial charge in [-0.25, -0.2) is 9.97 Å². The molecule has 6 nitrogen and oxygen atoms in total. The van der Waals surface area contributed by atoms with E-state index >= 15 is 0 Å². The molecule has 1 N–H and O–H groups in total. The molecule has 0 unspecified atom stereocenters. The number of carbonyl (C=O) groups excluding carboxylic acids is 1. The predicted molar refractivity (Wildman–Crippen MR) is 79.3 cm³/mol. The van der Waals surface area contributed by atoms with Crippen LogP contribution in [0, 0.1) is 0 Å². The average molecular weight is 285 g/mol. The molecule has 1 amide bonds. The van der Waals surface area contributed by atoms with Gasteiger partial charge in [0.2, 0.25) is 5.91 Å². The minimum absolute atomic E-state index is 0.163. The van der Waals surface area contributed by atoms with Crippen molar-refractivity contribution in [1.82, 2.24) is 19.7 Å². The summed E-state index contributed by atoms with van der Waals surface area (Å²) < 4.78 is 2.04. The van der Waals surface area contributed by atoms with Crippen LogP contribution < -0.4 is 10.2 Å². The van der Waals surface area contributed by atoms with Gasteiger partial charge in [0.05, 0.1) is 11.4 Å². The molecule has 21 heavy (non-hydrogen) atoms. The molecule has 1 aliphatic carbocycles. The second-order valence-electron chi connectivity index (χ2n) is 5.91. The van der Waals surface area contributed by atoms with Gasteiger partial charge in [0, 0.05) is 37.8 Å². The second kappa shape index (κ2) is 4.80. The van der Waals surface area contributed by atoms with Crippen LogP contribution in [-0.4, -0.2) is 33.9 Å². The van der Waals surface area contributed by atoms with Crippen LogP contribution in [0.3, 0.4) is 0 Å². The van der Waals surface area contributed by atoms with E-state index in [9.17, 15) is 4.79 Å². The number of hydrogen-bond donors (Lipinski definition) is 1. The third-order valence-electron chi connectivity index (χ3n) is 4.17. The Morgan fingerprint density at radius 2 is 2.19 bits per heavy atom.